The van der Waals surface area contributed by atoms with Crippen molar-refractivity contribution in [2.45, 2.75) is 13.8 Å². The maximum absolute atomic E-state index is 5.21. The lowest BCUT2D eigenvalue weighted by Crippen LogP contribution is -1.92. The van der Waals surface area contributed by atoms with Crippen LogP contribution in [0.1, 0.15) is 11.5 Å². The minimum atomic E-state index is 0.428. The van der Waals surface area contributed by atoms with Crippen LogP contribution in [0.25, 0.3) is 0 Å². The Bertz CT molecular complexity index is 436. The molecule has 0 unspecified atom stereocenters. The molecule has 0 saturated carbocycles. The Morgan fingerprint density at radius 1 is 1.14 bits per heavy atom. The van der Waals surface area contributed by atoms with Crippen molar-refractivity contribution in [1.82, 2.24) is 10.2 Å². The van der Waals surface area contributed by atoms with Gasteiger partial charge in [-0.05, 0) is 18.6 Å². The number of para-hydroxylation sites is 1. The maximum Gasteiger partial charge on any atom is 0.320 e. The number of hydrogen-bond donors (Lipinski definition) is 1. The molecule has 4 heteroatoms. The minimum absolute atomic E-state index is 0.428. The number of rotatable bonds is 2. The molecule has 0 saturated heterocycles. The first-order valence-corrected chi connectivity index (χ1v) is 4.38. The first-order chi connectivity index (χ1) is 6.75. The van der Waals surface area contributed by atoms with E-state index in [1.807, 2.05) is 31.2 Å². The molecule has 1 aromatic heterocycles. The standard InChI is InChI=1S/C10H11N3O/c1-7-5-3-4-6-9(7)11-10-13-12-8(2)14-10/h3-6H,1-2H3,(H,11,13). The predicted molar refractivity (Wildman–Crippen MR) is 53.5 cm³/mol. The molecule has 2 rings (SSSR count). The molecule has 1 N–H and O–H groups in total. The van der Waals surface area contributed by atoms with Gasteiger partial charge in [-0.15, -0.1) is 5.10 Å². The van der Waals surface area contributed by atoms with Crippen LogP contribution in [0, 0.1) is 13.8 Å². The van der Waals surface area contributed by atoms with E-state index in [-0.39, 0.29) is 0 Å². The molecule has 4 nitrogen and oxygen atoms in total. The van der Waals surface area contributed by atoms with Crippen molar-refractivity contribution in [2.75, 3.05) is 5.32 Å². The summed E-state index contributed by atoms with van der Waals surface area (Å²) in [6, 6.07) is 8.36. The summed E-state index contributed by atoms with van der Waals surface area (Å²) < 4.78 is 5.21. The zero-order chi connectivity index (χ0) is 9.97. The summed E-state index contributed by atoms with van der Waals surface area (Å²) in [5, 5.41) is 10.6. The third-order valence-electron chi connectivity index (χ3n) is 1.91. The summed E-state index contributed by atoms with van der Waals surface area (Å²) in [5.74, 6) is 0.557. The van der Waals surface area contributed by atoms with Crippen molar-refractivity contribution in [3.8, 4) is 0 Å². The zero-order valence-electron chi connectivity index (χ0n) is 8.11. The highest BCUT2D eigenvalue weighted by Crippen LogP contribution is 2.18. The normalized spacial score (nSPS) is 10.1. The smallest absolute Gasteiger partial charge is 0.320 e. The summed E-state index contributed by atoms with van der Waals surface area (Å²) in [4.78, 5) is 0. The van der Waals surface area contributed by atoms with Crippen LogP contribution in [-0.4, -0.2) is 10.2 Å². The topological polar surface area (TPSA) is 51.0 Å². The molecule has 0 bridgehead atoms. The van der Waals surface area contributed by atoms with Gasteiger partial charge in [0.05, 0.1) is 0 Å². The first kappa shape index (κ1) is 8.74. The van der Waals surface area contributed by atoms with E-state index in [1.165, 1.54) is 0 Å². The van der Waals surface area contributed by atoms with Gasteiger partial charge in [0.15, 0.2) is 0 Å². The van der Waals surface area contributed by atoms with Crippen molar-refractivity contribution in [3.63, 3.8) is 0 Å². The van der Waals surface area contributed by atoms with Gasteiger partial charge in [0, 0.05) is 12.6 Å². The summed E-state index contributed by atoms with van der Waals surface area (Å²) in [6.45, 7) is 3.78. The number of aromatic nitrogens is 2. The van der Waals surface area contributed by atoms with Crippen molar-refractivity contribution in [2.24, 2.45) is 0 Å². The lowest BCUT2D eigenvalue weighted by atomic mass is 10.2. The van der Waals surface area contributed by atoms with Gasteiger partial charge in [0.25, 0.3) is 0 Å². The van der Waals surface area contributed by atoms with Crippen LogP contribution in [0.2, 0.25) is 0 Å². The van der Waals surface area contributed by atoms with E-state index in [0.29, 0.717) is 11.9 Å². The Morgan fingerprint density at radius 2 is 1.93 bits per heavy atom. The predicted octanol–water partition coefficient (Wildman–Crippen LogP) is 2.43. The molecule has 0 amide bonds. The van der Waals surface area contributed by atoms with Crippen LogP contribution >= 0.6 is 0 Å². The molecular weight excluding hydrogens is 178 g/mol. The number of anilines is 2. The van der Waals surface area contributed by atoms with Crippen LogP contribution in [0.5, 0.6) is 0 Å². The summed E-state index contributed by atoms with van der Waals surface area (Å²) in [6.07, 6.45) is 0. The van der Waals surface area contributed by atoms with Gasteiger partial charge in [0.1, 0.15) is 0 Å². The monoisotopic (exact) mass is 189 g/mol. The molecule has 0 spiro atoms. The van der Waals surface area contributed by atoms with Crippen LogP contribution < -0.4 is 5.32 Å². The summed E-state index contributed by atoms with van der Waals surface area (Å²) >= 11 is 0. The number of hydrogen-bond acceptors (Lipinski definition) is 4. The maximum atomic E-state index is 5.21. The van der Waals surface area contributed by atoms with E-state index in [4.69, 9.17) is 4.42 Å². The quantitative estimate of drug-likeness (QED) is 0.788. The zero-order valence-corrected chi connectivity index (χ0v) is 8.11. The van der Waals surface area contributed by atoms with E-state index < -0.39 is 0 Å². The number of benzene rings is 1. The Morgan fingerprint density at radius 3 is 2.57 bits per heavy atom. The molecule has 2 aromatic rings. The highest BCUT2D eigenvalue weighted by atomic mass is 16.4. The Labute approximate surface area is 82.0 Å². The van der Waals surface area contributed by atoms with Gasteiger partial charge < -0.3 is 9.73 Å². The second-order valence-electron chi connectivity index (χ2n) is 3.07. The molecule has 14 heavy (non-hydrogen) atoms. The van der Waals surface area contributed by atoms with Crippen molar-refractivity contribution in [1.29, 1.82) is 0 Å². The van der Waals surface area contributed by atoms with Crippen LogP contribution in [0.15, 0.2) is 28.7 Å². The second kappa shape index (κ2) is 3.49. The van der Waals surface area contributed by atoms with Gasteiger partial charge in [0.2, 0.25) is 5.89 Å². The fraction of sp³-hybridized carbons (Fsp3) is 0.200. The molecule has 1 heterocycles. The SMILES string of the molecule is Cc1nnc(Nc2ccccc2C)o1. The molecule has 0 fully saturated rings. The largest absolute Gasteiger partial charge is 0.408 e. The molecule has 1 aromatic carbocycles. The fourth-order valence-corrected chi connectivity index (χ4v) is 1.18. The Hall–Kier alpha value is -1.84. The molecule has 0 aliphatic carbocycles. The minimum Gasteiger partial charge on any atom is -0.408 e. The number of aryl methyl sites for hydroxylation is 2. The van der Waals surface area contributed by atoms with Crippen LogP contribution in [0.3, 0.4) is 0 Å². The lowest BCUT2D eigenvalue weighted by molar-refractivity contribution is 0.535. The molecule has 72 valence electrons. The Kier molecular flexibility index (Phi) is 2.18. The summed E-state index contributed by atoms with van der Waals surface area (Å²) in [5.41, 5.74) is 2.12. The van der Waals surface area contributed by atoms with E-state index in [0.717, 1.165) is 11.3 Å². The third kappa shape index (κ3) is 1.74. The van der Waals surface area contributed by atoms with Crippen LogP contribution in [0.4, 0.5) is 11.7 Å². The lowest BCUT2D eigenvalue weighted by Gasteiger charge is -2.03. The average molecular weight is 189 g/mol. The van der Waals surface area contributed by atoms with Crippen molar-refractivity contribution in [3.05, 3.63) is 35.7 Å². The molecule has 0 radical (unpaired) electrons. The summed E-state index contributed by atoms with van der Waals surface area (Å²) in [7, 11) is 0. The molecule has 0 aliphatic heterocycles. The van der Waals surface area contributed by atoms with Gasteiger partial charge in [-0.3, -0.25) is 0 Å². The van der Waals surface area contributed by atoms with Crippen molar-refractivity contribution >= 4 is 11.7 Å². The van der Waals surface area contributed by atoms with Gasteiger partial charge in [-0.2, -0.15) is 0 Å². The number of nitrogens with zero attached hydrogens (tertiary/aromatic N) is 2. The van der Waals surface area contributed by atoms with Gasteiger partial charge >= 0.3 is 6.01 Å². The van der Waals surface area contributed by atoms with E-state index in [1.54, 1.807) is 6.92 Å². The van der Waals surface area contributed by atoms with E-state index >= 15 is 0 Å². The van der Waals surface area contributed by atoms with Gasteiger partial charge in [-0.1, -0.05) is 23.3 Å². The fourth-order valence-electron chi connectivity index (χ4n) is 1.18. The van der Waals surface area contributed by atoms with Gasteiger partial charge in [-0.25, -0.2) is 0 Å². The third-order valence-corrected chi connectivity index (χ3v) is 1.91. The van der Waals surface area contributed by atoms with E-state index in [2.05, 4.69) is 15.5 Å². The van der Waals surface area contributed by atoms with Crippen LogP contribution in [-0.2, 0) is 0 Å². The van der Waals surface area contributed by atoms with E-state index in [9.17, 15) is 0 Å². The first-order valence-electron chi connectivity index (χ1n) is 4.38. The molecule has 0 atom stereocenters. The average Bonchev–Trinajstić information content (AvgIpc) is 2.56. The van der Waals surface area contributed by atoms with Crippen molar-refractivity contribution < 1.29 is 4.42 Å². The second-order valence-corrected chi connectivity index (χ2v) is 3.07. The highest BCUT2D eigenvalue weighted by Gasteiger charge is 2.03. The highest BCUT2D eigenvalue weighted by molar-refractivity contribution is 5.56. The molecular formula is C10H11N3O. The Balaban J connectivity index is 2.23. The number of nitrogens with one attached hydrogen (secondary N) is 1. The molecule has 0 aliphatic rings.